The summed E-state index contributed by atoms with van der Waals surface area (Å²) in [5, 5.41) is 21.6. The van der Waals surface area contributed by atoms with Gasteiger partial charge in [0.25, 0.3) is 0 Å². The van der Waals surface area contributed by atoms with Crippen LogP contribution in [0.2, 0.25) is 0 Å². The molecule has 0 aliphatic rings. The van der Waals surface area contributed by atoms with Gasteiger partial charge in [0.05, 0.1) is 26.2 Å². The van der Waals surface area contributed by atoms with Crippen molar-refractivity contribution in [3.63, 3.8) is 0 Å². The van der Waals surface area contributed by atoms with E-state index >= 15 is 0 Å². The minimum absolute atomic E-state index is 0.139. The molecule has 6 nitrogen and oxygen atoms in total. The Balaban J connectivity index is 2.45. The number of carboxylic acid groups (broad SMARTS) is 1. The lowest BCUT2D eigenvalue weighted by molar-refractivity contribution is -0.163. The van der Waals surface area contributed by atoms with E-state index < -0.39 is 22.9 Å². The molecule has 0 radical (unpaired) electrons. The van der Waals surface area contributed by atoms with Gasteiger partial charge in [-0.15, -0.1) is 0 Å². The molecule has 2 rings (SSSR count). The molecule has 1 heterocycles. The highest BCUT2D eigenvalue weighted by atomic mass is 16.5. The molecule has 0 spiro atoms. The van der Waals surface area contributed by atoms with E-state index in [1.165, 1.54) is 13.3 Å². The van der Waals surface area contributed by atoms with E-state index in [9.17, 15) is 15.0 Å². The molecule has 0 aliphatic carbocycles. The first-order chi connectivity index (χ1) is 13.6. The maximum Gasteiger partial charge on any atom is 0.310 e. The normalized spacial score (nSPS) is 14.8. The van der Waals surface area contributed by atoms with Crippen LogP contribution in [0.3, 0.4) is 0 Å². The van der Waals surface area contributed by atoms with Crippen LogP contribution in [0.4, 0.5) is 0 Å². The summed E-state index contributed by atoms with van der Waals surface area (Å²) < 4.78 is 11.3. The molecule has 1 aromatic heterocycles. The Hall–Kier alpha value is -2.44. The van der Waals surface area contributed by atoms with Gasteiger partial charge < -0.3 is 19.7 Å². The number of aromatic nitrogens is 1. The van der Waals surface area contributed by atoms with Gasteiger partial charge >= 0.3 is 5.97 Å². The largest absolute Gasteiger partial charge is 0.481 e. The van der Waals surface area contributed by atoms with Gasteiger partial charge in [0.1, 0.15) is 5.60 Å². The number of pyridine rings is 1. The summed E-state index contributed by atoms with van der Waals surface area (Å²) in [5.74, 6) is -1.76. The Bertz CT molecular complexity index is 816. The minimum Gasteiger partial charge on any atom is -0.481 e. The van der Waals surface area contributed by atoms with Gasteiger partial charge in [0.15, 0.2) is 0 Å². The molecule has 0 bridgehead atoms. The summed E-state index contributed by atoms with van der Waals surface area (Å²) in [7, 11) is 1.50. The van der Waals surface area contributed by atoms with Crippen LogP contribution in [0.5, 0.6) is 5.88 Å². The molecule has 0 saturated carbocycles. The van der Waals surface area contributed by atoms with Crippen molar-refractivity contribution in [3.05, 3.63) is 59.3 Å². The highest BCUT2D eigenvalue weighted by Crippen LogP contribution is 2.45. The SMILES string of the molecule is CCC(O)(c1ccnc(OC)c1COCc1ccccc1)C(C(=O)O)C(C)(C)C. The topological polar surface area (TPSA) is 88.9 Å². The molecular weight excluding hydrogens is 370 g/mol. The third kappa shape index (κ3) is 5.14. The van der Waals surface area contributed by atoms with Crippen LogP contribution in [0.15, 0.2) is 42.6 Å². The highest BCUT2D eigenvalue weighted by molar-refractivity contribution is 5.73. The number of ether oxygens (including phenoxy) is 2. The van der Waals surface area contributed by atoms with E-state index in [4.69, 9.17) is 9.47 Å². The number of methoxy groups -OCH3 is 1. The van der Waals surface area contributed by atoms with E-state index in [0.717, 1.165) is 5.56 Å². The van der Waals surface area contributed by atoms with Crippen LogP contribution in [-0.4, -0.2) is 28.3 Å². The van der Waals surface area contributed by atoms with Crippen molar-refractivity contribution >= 4 is 5.97 Å². The maximum atomic E-state index is 12.2. The van der Waals surface area contributed by atoms with Crippen LogP contribution < -0.4 is 4.74 Å². The van der Waals surface area contributed by atoms with Gasteiger partial charge in [0.2, 0.25) is 5.88 Å². The zero-order valence-electron chi connectivity index (χ0n) is 17.8. The zero-order chi connectivity index (χ0) is 21.7. The molecule has 6 heteroatoms. The van der Waals surface area contributed by atoms with E-state index in [1.54, 1.807) is 13.0 Å². The number of aliphatic carboxylic acids is 1. The Morgan fingerprint density at radius 3 is 2.31 bits per heavy atom. The first kappa shape index (κ1) is 22.8. The Labute approximate surface area is 172 Å². The second-order valence-electron chi connectivity index (χ2n) is 8.24. The second-order valence-corrected chi connectivity index (χ2v) is 8.24. The summed E-state index contributed by atoms with van der Waals surface area (Å²) in [6.45, 7) is 7.75. The lowest BCUT2D eigenvalue weighted by atomic mass is 9.66. The molecule has 0 fully saturated rings. The van der Waals surface area contributed by atoms with Crippen LogP contribution in [0.25, 0.3) is 0 Å². The fraction of sp³-hybridized carbons (Fsp3) is 0.478. The fourth-order valence-electron chi connectivity index (χ4n) is 3.88. The highest BCUT2D eigenvalue weighted by Gasteiger charge is 2.49. The molecule has 2 unspecified atom stereocenters. The average molecular weight is 402 g/mol. The number of benzene rings is 1. The van der Waals surface area contributed by atoms with E-state index in [1.807, 2.05) is 51.1 Å². The van der Waals surface area contributed by atoms with Gasteiger partial charge in [-0.25, -0.2) is 4.98 Å². The third-order valence-corrected chi connectivity index (χ3v) is 5.16. The lowest BCUT2D eigenvalue weighted by Gasteiger charge is -2.41. The van der Waals surface area contributed by atoms with Crippen molar-refractivity contribution in [1.29, 1.82) is 0 Å². The van der Waals surface area contributed by atoms with E-state index in [2.05, 4.69) is 4.98 Å². The van der Waals surface area contributed by atoms with Crippen molar-refractivity contribution in [2.45, 2.75) is 52.9 Å². The van der Waals surface area contributed by atoms with Gasteiger partial charge in [-0.3, -0.25) is 4.79 Å². The number of aliphatic hydroxyl groups is 1. The molecule has 29 heavy (non-hydrogen) atoms. The molecule has 2 atom stereocenters. The van der Waals surface area contributed by atoms with Gasteiger partial charge in [0, 0.05) is 11.8 Å². The lowest BCUT2D eigenvalue weighted by Crippen LogP contribution is -2.47. The summed E-state index contributed by atoms with van der Waals surface area (Å²) in [5.41, 5.74) is -0.227. The number of carboxylic acids is 1. The van der Waals surface area contributed by atoms with Crippen molar-refractivity contribution in [2.75, 3.05) is 7.11 Å². The minimum atomic E-state index is -1.61. The number of nitrogens with zero attached hydrogens (tertiary/aromatic N) is 1. The monoisotopic (exact) mass is 401 g/mol. The number of carbonyl (C=O) groups is 1. The molecule has 158 valence electrons. The molecule has 0 amide bonds. The summed E-state index contributed by atoms with van der Waals surface area (Å²) in [6, 6.07) is 11.4. The zero-order valence-corrected chi connectivity index (χ0v) is 17.8. The summed E-state index contributed by atoms with van der Waals surface area (Å²) in [6.07, 6.45) is 1.75. The third-order valence-electron chi connectivity index (χ3n) is 5.16. The van der Waals surface area contributed by atoms with Gasteiger partial charge in [-0.2, -0.15) is 0 Å². The van der Waals surface area contributed by atoms with Crippen LogP contribution in [0, 0.1) is 11.3 Å². The Morgan fingerprint density at radius 2 is 1.79 bits per heavy atom. The molecule has 2 aromatic rings. The van der Waals surface area contributed by atoms with E-state index in [0.29, 0.717) is 23.6 Å². The summed E-state index contributed by atoms with van der Waals surface area (Å²) >= 11 is 0. The van der Waals surface area contributed by atoms with Crippen LogP contribution in [-0.2, 0) is 28.3 Å². The summed E-state index contributed by atoms with van der Waals surface area (Å²) in [4.78, 5) is 16.4. The van der Waals surface area contributed by atoms with Gasteiger partial charge in [-0.1, -0.05) is 58.0 Å². The predicted octanol–water partition coefficient (Wildman–Crippen LogP) is 4.15. The second kappa shape index (κ2) is 9.37. The van der Waals surface area contributed by atoms with Gasteiger partial charge in [-0.05, 0) is 29.0 Å². The molecule has 2 N–H and O–H groups in total. The predicted molar refractivity (Wildman–Crippen MR) is 110 cm³/mol. The molecule has 1 aromatic carbocycles. The van der Waals surface area contributed by atoms with Crippen molar-refractivity contribution < 1.29 is 24.5 Å². The Kier molecular flexibility index (Phi) is 7.38. The number of hydrogen-bond acceptors (Lipinski definition) is 5. The Morgan fingerprint density at radius 1 is 1.14 bits per heavy atom. The number of hydrogen-bond donors (Lipinski definition) is 2. The molecule has 0 aliphatic heterocycles. The van der Waals surface area contributed by atoms with Crippen molar-refractivity contribution in [3.8, 4) is 5.88 Å². The fourth-order valence-corrected chi connectivity index (χ4v) is 3.88. The quantitative estimate of drug-likeness (QED) is 0.656. The van der Waals surface area contributed by atoms with Crippen LogP contribution in [0.1, 0.15) is 50.8 Å². The molecular formula is C23H31NO5. The average Bonchev–Trinajstić information content (AvgIpc) is 2.67. The standard InChI is InChI=1S/C23H31NO5/c1-6-23(27,19(21(25)26)22(2,3)4)18-12-13-24-20(28-5)17(18)15-29-14-16-10-8-7-9-11-16/h7-13,19,27H,6,14-15H2,1-5H3,(H,25,26). The van der Waals surface area contributed by atoms with Crippen molar-refractivity contribution in [1.82, 2.24) is 4.98 Å². The van der Waals surface area contributed by atoms with E-state index in [-0.39, 0.29) is 13.0 Å². The maximum absolute atomic E-state index is 12.2. The first-order valence-electron chi connectivity index (χ1n) is 9.74. The molecule has 0 saturated heterocycles. The first-order valence-corrected chi connectivity index (χ1v) is 9.74. The van der Waals surface area contributed by atoms with Crippen molar-refractivity contribution in [2.24, 2.45) is 11.3 Å². The smallest absolute Gasteiger partial charge is 0.310 e. The number of rotatable bonds is 9. The van der Waals surface area contributed by atoms with Crippen LogP contribution >= 0.6 is 0 Å².